The third kappa shape index (κ3) is 3.93. The summed E-state index contributed by atoms with van der Waals surface area (Å²) < 4.78 is 0. The van der Waals surface area contributed by atoms with Crippen molar-refractivity contribution in [3.63, 3.8) is 0 Å². The van der Waals surface area contributed by atoms with Crippen LogP contribution in [0, 0.1) is 17.3 Å². The van der Waals surface area contributed by atoms with Gasteiger partial charge < -0.3 is 10.4 Å². The van der Waals surface area contributed by atoms with Crippen LogP contribution >= 0.6 is 11.8 Å². The Morgan fingerprint density at radius 2 is 1.81 bits per heavy atom. The molecule has 2 aliphatic rings. The Labute approximate surface area is 131 Å². The van der Waals surface area contributed by atoms with Crippen molar-refractivity contribution in [2.24, 2.45) is 17.3 Å². The van der Waals surface area contributed by atoms with Gasteiger partial charge in [0.25, 0.3) is 0 Å². The number of carbonyl (C=O) groups is 2. The maximum atomic E-state index is 12.6. The lowest BCUT2D eigenvalue weighted by Crippen LogP contribution is -2.58. The average Bonchev–Trinajstić information content (AvgIpc) is 2.37. The van der Waals surface area contributed by atoms with Crippen LogP contribution in [0.25, 0.3) is 0 Å². The van der Waals surface area contributed by atoms with Gasteiger partial charge in [-0.1, -0.05) is 20.8 Å². The smallest absolute Gasteiger partial charge is 0.329 e. The first kappa shape index (κ1) is 16.7. The molecule has 0 bridgehead atoms. The number of thioether (sulfide) groups is 1. The summed E-state index contributed by atoms with van der Waals surface area (Å²) in [5.41, 5.74) is -0.869. The fraction of sp³-hybridized carbons (Fsp3) is 0.875. The molecule has 2 rings (SSSR count). The second-order valence-corrected chi connectivity index (χ2v) is 8.82. The molecule has 0 aromatic heterocycles. The molecule has 0 aromatic carbocycles. The number of hydrogen-bond acceptors (Lipinski definition) is 3. The summed E-state index contributed by atoms with van der Waals surface area (Å²) in [6, 6.07) is 0. The minimum atomic E-state index is -1.03. The van der Waals surface area contributed by atoms with E-state index in [-0.39, 0.29) is 17.2 Å². The highest BCUT2D eigenvalue weighted by atomic mass is 32.2. The lowest BCUT2D eigenvalue weighted by Gasteiger charge is -2.40. The molecule has 21 heavy (non-hydrogen) atoms. The van der Waals surface area contributed by atoms with Crippen LogP contribution in [0.4, 0.5) is 0 Å². The van der Waals surface area contributed by atoms with Crippen LogP contribution in [-0.4, -0.2) is 34.0 Å². The van der Waals surface area contributed by atoms with Gasteiger partial charge >= 0.3 is 5.97 Å². The number of rotatable bonds is 3. The first-order chi connectivity index (χ1) is 9.74. The molecule has 5 heteroatoms. The molecule has 1 aliphatic heterocycles. The Bertz CT molecular complexity index is 416. The maximum Gasteiger partial charge on any atom is 0.329 e. The molecule has 1 aliphatic carbocycles. The Hall–Kier alpha value is -0.710. The van der Waals surface area contributed by atoms with E-state index in [1.807, 2.05) is 0 Å². The highest BCUT2D eigenvalue weighted by molar-refractivity contribution is 7.99. The average molecular weight is 313 g/mol. The monoisotopic (exact) mass is 313 g/mol. The van der Waals surface area contributed by atoms with Crippen LogP contribution in [0.15, 0.2) is 0 Å². The number of carboxylic acids is 1. The third-order valence-electron chi connectivity index (χ3n) is 4.88. The van der Waals surface area contributed by atoms with E-state index in [0.717, 1.165) is 30.8 Å². The Morgan fingerprint density at radius 1 is 1.19 bits per heavy atom. The van der Waals surface area contributed by atoms with Gasteiger partial charge in [-0.05, 0) is 54.9 Å². The van der Waals surface area contributed by atoms with Crippen molar-refractivity contribution in [3.8, 4) is 0 Å². The number of carboxylic acid groups (broad SMARTS) is 1. The molecule has 0 radical (unpaired) electrons. The van der Waals surface area contributed by atoms with Gasteiger partial charge in [-0.15, -0.1) is 0 Å². The summed E-state index contributed by atoms with van der Waals surface area (Å²) in [6.45, 7) is 6.59. The number of hydrogen-bond donors (Lipinski definition) is 2. The molecular weight excluding hydrogens is 286 g/mol. The third-order valence-corrected chi connectivity index (χ3v) is 5.86. The van der Waals surface area contributed by atoms with Crippen molar-refractivity contribution in [1.82, 2.24) is 5.32 Å². The minimum Gasteiger partial charge on any atom is -0.480 e. The number of amides is 1. The molecular formula is C16H27NO3S. The van der Waals surface area contributed by atoms with Gasteiger partial charge in [0.15, 0.2) is 0 Å². The summed E-state index contributed by atoms with van der Waals surface area (Å²) >= 11 is 1.76. The van der Waals surface area contributed by atoms with Crippen LogP contribution in [0.5, 0.6) is 0 Å². The molecule has 0 spiro atoms. The standard InChI is InChI=1S/C16H27NO3S/c1-11-8-12(10-15(2,3)9-11)13(18)17-16(14(19)20)4-6-21-7-5-16/h11-12H,4-10H2,1-3H3,(H,17,18)(H,19,20). The number of nitrogens with one attached hydrogen (secondary N) is 1. The van der Waals surface area contributed by atoms with Crippen molar-refractivity contribution in [2.45, 2.75) is 58.4 Å². The number of carbonyl (C=O) groups excluding carboxylic acids is 1. The summed E-state index contributed by atoms with van der Waals surface area (Å²) in [5.74, 6) is 1.16. The van der Waals surface area contributed by atoms with Gasteiger partial charge in [0.1, 0.15) is 5.54 Å². The van der Waals surface area contributed by atoms with Gasteiger partial charge in [0.2, 0.25) is 5.91 Å². The van der Waals surface area contributed by atoms with Crippen molar-refractivity contribution in [2.75, 3.05) is 11.5 Å². The fourth-order valence-electron chi connectivity index (χ4n) is 4.00. The van der Waals surface area contributed by atoms with Gasteiger partial charge in [0, 0.05) is 5.92 Å². The van der Waals surface area contributed by atoms with E-state index in [1.54, 1.807) is 11.8 Å². The highest BCUT2D eigenvalue weighted by Gasteiger charge is 2.44. The predicted octanol–water partition coefficient (Wildman–Crippen LogP) is 2.92. The number of aliphatic carboxylic acids is 1. The largest absolute Gasteiger partial charge is 0.480 e. The van der Waals surface area contributed by atoms with Crippen LogP contribution in [0.1, 0.15) is 52.9 Å². The first-order valence-electron chi connectivity index (χ1n) is 7.87. The van der Waals surface area contributed by atoms with Crippen LogP contribution < -0.4 is 5.32 Å². The normalized spacial score (nSPS) is 31.4. The van der Waals surface area contributed by atoms with E-state index >= 15 is 0 Å². The van der Waals surface area contributed by atoms with E-state index in [2.05, 4.69) is 26.1 Å². The molecule has 1 saturated carbocycles. The van der Waals surface area contributed by atoms with Crippen LogP contribution in [-0.2, 0) is 9.59 Å². The molecule has 2 atom stereocenters. The highest BCUT2D eigenvalue weighted by Crippen LogP contribution is 2.42. The van der Waals surface area contributed by atoms with E-state index in [4.69, 9.17) is 0 Å². The molecule has 1 heterocycles. The zero-order chi connectivity index (χ0) is 15.7. The Balaban J connectivity index is 2.07. The Kier molecular flexibility index (Phi) is 4.91. The van der Waals surface area contributed by atoms with E-state index in [0.29, 0.717) is 18.8 Å². The summed E-state index contributed by atoms with van der Waals surface area (Å²) in [5, 5.41) is 12.5. The zero-order valence-corrected chi connectivity index (χ0v) is 14.1. The van der Waals surface area contributed by atoms with Crippen molar-refractivity contribution in [3.05, 3.63) is 0 Å². The summed E-state index contributed by atoms with van der Waals surface area (Å²) in [7, 11) is 0. The second-order valence-electron chi connectivity index (χ2n) is 7.60. The topological polar surface area (TPSA) is 66.4 Å². The first-order valence-corrected chi connectivity index (χ1v) is 9.03. The van der Waals surface area contributed by atoms with Crippen molar-refractivity contribution in [1.29, 1.82) is 0 Å². The lowest BCUT2D eigenvalue weighted by molar-refractivity contribution is -0.149. The van der Waals surface area contributed by atoms with Crippen LogP contribution in [0.2, 0.25) is 0 Å². The quantitative estimate of drug-likeness (QED) is 0.841. The molecule has 0 aromatic rings. The van der Waals surface area contributed by atoms with Crippen LogP contribution in [0.3, 0.4) is 0 Å². The molecule has 2 N–H and O–H groups in total. The predicted molar refractivity (Wildman–Crippen MR) is 85.4 cm³/mol. The van der Waals surface area contributed by atoms with Gasteiger partial charge in [0.05, 0.1) is 0 Å². The minimum absolute atomic E-state index is 0.0467. The zero-order valence-electron chi connectivity index (χ0n) is 13.3. The maximum absolute atomic E-state index is 12.6. The van der Waals surface area contributed by atoms with Gasteiger partial charge in [-0.2, -0.15) is 11.8 Å². The van der Waals surface area contributed by atoms with Gasteiger partial charge in [-0.25, -0.2) is 4.79 Å². The lowest BCUT2D eigenvalue weighted by atomic mass is 9.67. The second kappa shape index (κ2) is 6.19. The van der Waals surface area contributed by atoms with Crippen molar-refractivity contribution < 1.29 is 14.7 Å². The molecule has 120 valence electrons. The molecule has 1 saturated heterocycles. The summed E-state index contributed by atoms with van der Waals surface area (Å²) in [6.07, 6.45) is 3.93. The Morgan fingerprint density at radius 3 is 2.33 bits per heavy atom. The SMILES string of the molecule is CC1CC(C(=O)NC2(C(=O)O)CCSCC2)CC(C)(C)C1. The molecule has 4 nitrogen and oxygen atoms in total. The van der Waals surface area contributed by atoms with E-state index < -0.39 is 11.5 Å². The van der Waals surface area contributed by atoms with Gasteiger partial charge in [-0.3, -0.25) is 4.79 Å². The fourth-order valence-corrected chi connectivity index (χ4v) is 5.19. The summed E-state index contributed by atoms with van der Waals surface area (Å²) in [4.78, 5) is 24.3. The van der Waals surface area contributed by atoms with E-state index in [1.165, 1.54) is 0 Å². The molecule has 1 amide bonds. The van der Waals surface area contributed by atoms with Crippen molar-refractivity contribution >= 4 is 23.6 Å². The molecule has 2 fully saturated rings. The molecule has 2 unspecified atom stereocenters. The van der Waals surface area contributed by atoms with E-state index in [9.17, 15) is 14.7 Å².